The van der Waals surface area contributed by atoms with Crippen LogP contribution in [0.15, 0.2) is 6.07 Å². The average Bonchev–Trinajstić information content (AvgIpc) is 2.16. The Morgan fingerprint density at radius 2 is 2.13 bits per heavy atom. The Hall–Kier alpha value is -0.830. The predicted octanol–water partition coefficient (Wildman–Crippen LogP) is 2.91. The van der Waals surface area contributed by atoms with Gasteiger partial charge in [0.2, 0.25) is 0 Å². The monoisotopic (exact) mass is 227 g/mol. The van der Waals surface area contributed by atoms with Gasteiger partial charge in [0.15, 0.2) is 0 Å². The summed E-state index contributed by atoms with van der Waals surface area (Å²) in [6.45, 7) is 6.82. The van der Waals surface area contributed by atoms with Gasteiger partial charge in [0.1, 0.15) is 11.6 Å². The Bertz CT molecular complexity index is 294. The second-order valence-electron chi connectivity index (χ2n) is 3.66. The molecule has 0 saturated carbocycles. The zero-order chi connectivity index (χ0) is 11.3. The lowest BCUT2D eigenvalue weighted by Crippen LogP contribution is -2.10. The molecule has 1 aromatic heterocycles. The number of hydrogen-bond donors (Lipinski definition) is 1. The number of nitrogens with zero attached hydrogens (tertiary/aromatic N) is 2. The molecule has 0 radical (unpaired) electrons. The van der Waals surface area contributed by atoms with E-state index in [-0.39, 0.29) is 5.38 Å². The smallest absolute Gasteiger partial charge is 0.129 e. The van der Waals surface area contributed by atoms with Crippen molar-refractivity contribution < 1.29 is 0 Å². The molecule has 0 aliphatic heterocycles. The van der Waals surface area contributed by atoms with Crippen molar-refractivity contribution in [2.45, 2.75) is 39.0 Å². The summed E-state index contributed by atoms with van der Waals surface area (Å²) in [5, 5.41) is 3.51. The lowest BCUT2D eigenvalue weighted by molar-refractivity contribution is 0.751. The lowest BCUT2D eigenvalue weighted by Gasteiger charge is -2.09. The number of aromatic nitrogens is 2. The van der Waals surface area contributed by atoms with Crippen molar-refractivity contribution in [2.75, 3.05) is 11.9 Å². The minimum Gasteiger partial charge on any atom is -0.370 e. The van der Waals surface area contributed by atoms with Gasteiger partial charge in [0.25, 0.3) is 0 Å². The number of hydrogen-bond acceptors (Lipinski definition) is 3. The summed E-state index contributed by atoms with van der Waals surface area (Å²) in [5.41, 5.74) is 0.989. The van der Waals surface area contributed by atoms with E-state index in [4.69, 9.17) is 11.6 Å². The zero-order valence-electron chi connectivity index (χ0n) is 9.55. The van der Waals surface area contributed by atoms with Crippen LogP contribution in [0.3, 0.4) is 0 Å². The molecule has 15 heavy (non-hydrogen) atoms. The Morgan fingerprint density at radius 1 is 1.40 bits per heavy atom. The predicted molar refractivity (Wildman–Crippen MR) is 64.5 cm³/mol. The first-order valence-electron chi connectivity index (χ1n) is 5.32. The number of rotatable bonds is 5. The zero-order valence-corrected chi connectivity index (χ0v) is 10.3. The third-order valence-electron chi connectivity index (χ3n) is 2.17. The highest BCUT2D eigenvalue weighted by Crippen LogP contribution is 2.09. The Balaban J connectivity index is 2.43. The molecule has 0 bridgehead atoms. The highest BCUT2D eigenvalue weighted by Gasteiger charge is 2.02. The van der Waals surface area contributed by atoms with E-state index in [1.54, 1.807) is 0 Å². The van der Waals surface area contributed by atoms with Gasteiger partial charge in [-0.15, -0.1) is 11.6 Å². The molecule has 1 rings (SSSR count). The van der Waals surface area contributed by atoms with E-state index in [0.717, 1.165) is 36.7 Å². The Morgan fingerprint density at radius 3 is 2.73 bits per heavy atom. The number of alkyl halides is 1. The van der Waals surface area contributed by atoms with Crippen LogP contribution >= 0.6 is 11.6 Å². The minimum absolute atomic E-state index is 0.251. The lowest BCUT2D eigenvalue weighted by atomic mass is 10.2. The third kappa shape index (κ3) is 4.47. The van der Waals surface area contributed by atoms with Crippen LogP contribution in [0.25, 0.3) is 0 Å². The first kappa shape index (κ1) is 12.2. The number of aryl methyl sites for hydroxylation is 2. The van der Waals surface area contributed by atoms with Gasteiger partial charge >= 0.3 is 0 Å². The van der Waals surface area contributed by atoms with E-state index in [1.165, 1.54) is 0 Å². The Kier molecular flexibility index (Phi) is 4.82. The van der Waals surface area contributed by atoms with Crippen LogP contribution in [0.4, 0.5) is 5.82 Å². The maximum Gasteiger partial charge on any atom is 0.129 e. The van der Waals surface area contributed by atoms with Crippen molar-refractivity contribution in [3.05, 3.63) is 17.6 Å². The second kappa shape index (κ2) is 5.91. The molecule has 0 amide bonds. The first-order valence-corrected chi connectivity index (χ1v) is 5.75. The minimum atomic E-state index is 0.251. The van der Waals surface area contributed by atoms with Crippen LogP contribution in [0.5, 0.6) is 0 Å². The third-order valence-corrected chi connectivity index (χ3v) is 2.70. The molecule has 3 nitrogen and oxygen atoms in total. The molecule has 1 atom stereocenters. The van der Waals surface area contributed by atoms with E-state index in [9.17, 15) is 0 Å². The van der Waals surface area contributed by atoms with Gasteiger partial charge in [0, 0.05) is 23.7 Å². The van der Waals surface area contributed by atoms with E-state index in [0.29, 0.717) is 0 Å². The van der Waals surface area contributed by atoms with Gasteiger partial charge in [-0.1, -0.05) is 6.92 Å². The molecule has 0 fully saturated rings. The number of halogens is 1. The molecular weight excluding hydrogens is 210 g/mol. The van der Waals surface area contributed by atoms with Crippen molar-refractivity contribution in [2.24, 2.45) is 0 Å². The number of nitrogens with one attached hydrogen (secondary N) is 1. The van der Waals surface area contributed by atoms with Crippen LogP contribution in [0, 0.1) is 13.8 Å². The van der Waals surface area contributed by atoms with Crippen LogP contribution in [-0.4, -0.2) is 21.9 Å². The summed E-state index contributed by atoms with van der Waals surface area (Å²) in [6.07, 6.45) is 1.96. The summed E-state index contributed by atoms with van der Waals surface area (Å²) < 4.78 is 0. The quantitative estimate of drug-likeness (QED) is 0.786. The highest BCUT2D eigenvalue weighted by molar-refractivity contribution is 6.20. The molecule has 0 aromatic carbocycles. The van der Waals surface area contributed by atoms with Crippen molar-refractivity contribution >= 4 is 17.4 Å². The summed E-state index contributed by atoms with van der Waals surface area (Å²) >= 11 is 6.02. The fourth-order valence-electron chi connectivity index (χ4n) is 1.37. The highest BCUT2D eigenvalue weighted by atomic mass is 35.5. The van der Waals surface area contributed by atoms with Crippen LogP contribution in [0.2, 0.25) is 0 Å². The van der Waals surface area contributed by atoms with Gasteiger partial charge in [0.05, 0.1) is 0 Å². The van der Waals surface area contributed by atoms with E-state index < -0.39 is 0 Å². The molecule has 1 heterocycles. The van der Waals surface area contributed by atoms with Crippen molar-refractivity contribution in [3.8, 4) is 0 Å². The molecule has 4 heteroatoms. The van der Waals surface area contributed by atoms with Crippen LogP contribution in [0.1, 0.15) is 31.3 Å². The normalized spacial score (nSPS) is 12.5. The van der Waals surface area contributed by atoms with Crippen LogP contribution < -0.4 is 5.32 Å². The Labute approximate surface area is 96.3 Å². The molecule has 0 aliphatic rings. The standard InChI is InChI=1S/C11H18ClN3/c1-4-10(12)5-6-13-11-7-8(2)14-9(3)15-11/h7,10H,4-6H2,1-3H3,(H,13,14,15). The van der Waals surface area contributed by atoms with E-state index in [1.807, 2.05) is 19.9 Å². The second-order valence-corrected chi connectivity index (χ2v) is 4.28. The maximum absolute atomic E-state index is 6.02. The summed E-state index contributed by atoms with van der Waals surface area (Å²) in [4.78, 5) is 8.51. The van der Waals surface area contributed by atoms with Crippen molar-refractivity contribution in [3.63, 3.8) is 0 Å². The molecule has 0 aliphatic carbocycles. The summed E-state index contributed by atoms with van der Waals surface area (Å²) in [5.74, 6) is 1.69. The molecule has 1 N–H and O–H groups in total. The first-order chi connectivity index (χ1) is 7.11. The topological polar surface area (TPSA) is 37.8 Å². The SMILES string of the molecule is CCC(Cl)CCNc1cc(C)nc(C)n1. The van der Waals surface area contributed by atoms with Gasteiger partial charge in [-0.2, -0.15) is 0 Å². The molecule has 84 valence electrons. The average molecular weight is 228 g/mol. The van der Waals surface area contributed by atoms with Crippen LogP contribution in [-0.2, 0) is 0 Å². The molecule has 1 aromatic rings. The number of anilines is 1. The van der Waals surface area contributed by atoms with Gasteiger partial charge in [-0.05, 0) is 26.7 Å². The van der Waals surface area contributed by atoms with Gasteiger partial charge in [-0.3, -0.25) is 0 Å². The van der Waals surface area contributed by atoms with Crippen molar-refractivity contribution in [1.29, 1.82) is 0 Å². The molecule has 0 saturated heterocycles. The maximum atomic E-state index is 6.02. The molecule has 1 unspecified atom stereocenters. The summed E-state index contributed by atoms with van der Waals surface area (Å²) in [7, 11) is 0. The largest absolute Gasteiger partial charge is 0.370 e. The van der Waals surface area contributed by atoms with Gasteiger partial charge < -0.3 is 5.32 Å². The fourth-order valence-corrected chi connectivity index (χ4v) is 1.48. The molecule has 0 spiro atoms. The van der Waals surface area contributed by atoms with E-state index in [2.05, 4.69) is 22.2 Å². The van der Waals surface area contributed by atoms with E-state index >= 15 is 0 Å². The summed E-state index contributed by atoms with van der Waals surface area (Å²) in [6, 6.07) is 1.95. The fraction of sp³-hybridized carbons (Fsp3) is 0.636. The van der Waals surface area contributed by atoms with Gasteiger partial charge in [-0.25, -0.2) is 9.97 Å². The van der Waals surface area contributed by atoms with Crippen molar-refractivity contribution in [1.82, 2.24) is 9.97 Å². The molecular formula is C11H18ClN3.